The molecular weight excluding hydrogens is 390 g/mol. The molecule has 0 aliphatic rings. The number of anilines is 1. The van der Waals surface area contributed by atoms with Gasteiger partial charge in [0, 0.05) is 18.2 Å². The van der Waals surface area contributed by atoms with Crippen LogP contribution in [0, 0.1) is 0 Å². The SMILES string of the molecule is Nc1nc2[nH]cc(CCc3ccc(C(=O)NC(C=O)CCC(=O)O)cc3)c2c(=O)[nH]1. The first-order valence-electron chi connectivity index (χ1n) is 9.30. The van der Waals surface area contributed by atoms with Crippen molar-refractivity contribution in [3.63, 3.8) is 0 Å². The number of benzene rings is 1. The Labute approximate surface area is 170 Å². The van der Waals surface area contributed by atoms with Gasteiger partial charge in [0.25, 0.3) is 11.5 Å². The normalized spacial score (nSPS) is 11.9. The molecule has 0 radical (unpaired) electrons. The van der Waals surface area contributed by atoms with E-state index in [0.717, 1.165) is 11.1 Å². The lowest BCUT2D eigenvalue weighted by Gasteiger charge is -2.12. The molecule has 1 aromatic carbocycles. The topological polar surface area (TPSA) is 171 Å². The predicted molar refractivity (Wildman–Crippen MR) is 109 cm³/mol. The molecule has 6 N–H and O–H groups in total. The maximum absolute atomic E-state index is 12.2. The summed E-state index contributed by atoms with van der Waals surface area (Å²) in [5.41, 5.74) is 7.81. The van der Waals surface area contributed by atoms with Crippen LogP contribution >= 0.6 is 0 Å². The highest BCUT2D eigenvalue weighted by molar-refractivity contribution is 5.95. The van der Waals surface area contributed by atoms with Gasteiger partial charge in [-0.3, -0.25) is 19.4 Å². The monoisotopic (exact) mass is 411 g/mol. The number of carboxylic acid groups (broad SMARTS) is 1. The summed E-state index contributed by atoms with van der Waals surface area (Å²) in [7, 11) is 0. The van der Waals surface area contributed by atoms with Gasteiger partial charge in [0.2, 0.25) is 5.95 Å². The minimum Gasteiger partial charge on any atom is -0.481 e. The molecule has 30 heavy (non-hydrogen) atoms. The number of aliphatic carboxylic acids is 1. The number of hydrogen-bond donors (Lipinski definition) is 5. The summed E-state index contributed by atoms with van der Waals surface area (Å²) in [6.45, 7) is 0. The van der Waals surface area contributed by atoms with Gasteiger partial charge in [0.15, 0.2) is 0 Å². The Morgan fingerprint density at radius 1 is 1.23 bits per heavy atom. The van der Waals surface area contributed by atoms with Crippen LogP contribution in [0.1, 0.15) is 34.3 Å². The summed E-state index contributed by atoms with van der Waals surface area (Å²) in [5, 5.41) is 11.7. The van der Waals surface area contributed by atoms with E-state index in [1.54, 1.807) is 30.5 Å². The van der Waals surface area contributed by atoms with E-state index in [0.29, 0.717) is 35.7 Å². The molecule has 1 amide bonds. The predicted octanol–water partition coefficient (Wildman–Crippen LogP) is 0.781. The summed E-state index contributed by atoms with van der Waals surface area (Å²) >= 11 is 0. The molecule has 2 heterocycles. The number of carbonyl (C=O) groups excluding carboxylic acids is 2. The second-order valence-corrected chi connectivity index (χ2v) is 6.83. The van der Waals surface area contributed by atoms with Gasteiger partial charge in [-0.15, -0.1) is 0 Å². The Kier molecular flexibility index (Phi) is 6.26. The number of nitrogens with two attached hydrogens (primary N) is 1. The summed E-state index contributed by atoms with van der Waals surface area (Å²) in [5.74, 6) is -1.43. The van der Waals surface area contributed by atoms with E-state index in [2.05, 4.69) is 20.3 Å². The lowest BCUT2D eigenvalue weighted by molar-refractivity contribution is -0.137. The Morgan fingerprint density at radius 2 is 1.97 bits per heavy atom. The van der Waals surface area contributed by atoms with Crippen LogP contribution in [0.4, 0.5) is 5.95 Å². The third-order valence-corrected chi connectivity index (χ3v) is 4.69. The van der Waals surface area contributed by atoms with Crippen molar-refractivity contribution < 1.29 is 19.5 Å². The standard InChI is InChI=1S/C20H21N5O5/c21-20-24-17-16(19(30)25-20)13(9-22-17)6-3-11-1-4-12(5-2-11)18(29)23-14(10-26)7-8-15(27)28/h1-2,4-5,9-10,14H,3,6-8H2,(H,23,29)(H,27,28)(H4,21,22,24,25,30). The average molecular weight is 411 g/mol. The fraction of sp³-hybridized carbons (Fsp3) is 0.250. The van der Waals surface area contributed by atoms with Gasteiger partial charge in [0.05, 0.1) is 11.4 Å². The third-order valence-electron chi connectivity index (χ3n) is 4.69. The van der Waals surface area contributed by atoms with Crippen molar-refractivity contribution in [2.24, 2.45) is 0 Å². The second kappa shape index (κ2) is 9.03. The molecule has 0 saturated carbocycles. The number of nitrogens with one attached hydrogen (secondary N) is 3. The highest BCUT2D eigenvalue weighted by Gasteiger charge is 2.15. The molecule has 0 spiro atoms. The first-order chi connectivity index (χ1) is 14.4. The number of amides is 1. The number of aldehydes is 1. The maximum Gasteiger partial charge on any atom is 0.303 e. The zero-order valence-corrected chi connectivity index (χ0v) is 16.0. The van der Waals surface area contributed by atoms with Crippen LogP contribution in [0.2, 0.25) is 0 Å². The van der Waals surface area contributed by atoms with E-state index >= 15 is 0 Å². The molecule has 0 bridgehead atoms. The Balaban J connectivity index is 1.62. The van der Waals surface area contributed by atoms with E-state index in [1.807, 2.05) is 0 Å². The molecular formula is C20H21N5O5. The van der Waals surface area contributed by atoms with Crippen molar-refractivity contribution in [1.82, 2.24) is 20.3 Å². The van der Waals surface area contributed by atoms with E-state index in [9.17, 15) is 19.2 Å². The number of H-pyrrole nitrogens is 2. The van der Waals surface area contributed by atoms with Gasteiger partial charge >= 0.3 is 5.97 Å². The molecule has 3 rings (SSSR count). The van der Waals surface area contributed by atoms with Gasteiger partial charge in [-0.05, 0) is 42.5 Å². The van der Waals surface area contributed by atoms with Crippen LogP contribution in [0.5, 0.6) is 0 Å². The zero-order chi connectivity index (χ0) is 21.7. The Hall–Kier alpha value is -3.95. The van der Waals surface area contributed by atoms with Crippen molar-refractivity contribution in [3.05, 3.63) is 57.5 Å². The molecule has 2 aromatic heterocycles. The van der Waals surface area contributed by atoms with Crippen LogP contribution in [-0.2, 0) is 22.4 Å². The summed E-state index contributed by atoms with van der Waals surface area (Å²) in [6, 6.07) is 5.99. The highest BCUT2D eigenvalue weighted by Crippen LogP contribution is 2.16. The number of nitrogen functional groups attached to an aromatic ring is 1. The minimum absolute atomic E-state index is 0.0346. The van der Waals surface area contributed by atoms with E-state index < -0.39 is 17.9 Å². The summed E-state index contributed by atoms with van der Waals surface area (Å²) in [6.07, 6.45) is 3.30. The van der Waals surface area contributed by atoms with Gasteiger partial charge in [-0.1, -0.05) is 12.1 Å². The Bertz CT molecular complexity index is 1130. The van der Waals surface area contributed by atoms with Gasteiger partial charge in [-0.2, -0.15) is 4.98 Å². The van der Waals surface area contributed by atoms with Crippen LogP contribution in [0.25, 0.3) is 11.0 Å². The van der Waals surface area contributed by atoms with Crippen molar-refractivity contribution in [3.8, 4) is 0 Å². The minimum atomic E-state index is -1.03. The van der Waals surface area contributed by atoms with E-state index in [1.165, 1.54) is 0 Å². The number of carboxylic acids is 1. The zero-order valence-electron chi connectivity index (χ0n) is 16.0. The number of aromatic nitrogens is 3. The van der Waals surface area contributed by atoms with E-state index in [-0.39, 0.29) is 24.3 Å². The quantitative estimate of drug-likeness (QED) is 0.324. The fourth-order valence-electron chi connectivity index (χ4n) is 3.12. The van der Waals surface area contributed by atoms with E-state index in [4.69, 9.17) is 10.8 Å². The van der Waals surface area contributed by atoms with Crippen LogP contribution in [-0.4, -0.2) is 44.3 Å². The van der Waals surface area contributed by atoms with Gasteiger partial charge < -0.3 is 25.9 Å². The van der Waals surface area contributed by atoms with Gasteiger partial charge in [0.1, 0.15) is 11.9 Å². The first-order valence-corrected chi connectivity index (χ1v) is 9.30. The van der Waals surface area contributed by atoms with Crippen molar-refractivity contribution in [2.75, 3.05) is 5.73 Å². The number of fused-ring (bicyclic) bond motifs is 1. The largest absolute Gasteiger partial charge is 0.481 e. The molecule has 1 unspecified atom stereocenters. The lowest BCUT2D eigenvalue weighted by Crippen LogP contribution is -2.36. The average Bonchev–Trinajstić information content (AvgIpc) is 3.12. The fourth-order valence-corrected chi connectivity index (χ4v) is 3.12. The molecule has 1 atom stereocenters. The number of rotatable bonds is 9. The molecule has 10 heteroatoms. The van der Waals surface area contributed by atoms with Crippen molar-refractivity contribution >= 4 is 35.1 Å². The number of aryl methyl sites for hydroxylation is 2. The highest BCUT2D eigenvalue weighted by atomic mass is 16.4. The number of hydrogen-bond acceptors (Lipinski definition) is 6. The van der Waals surface area contributed by atoms with Crippen LogP contribution in [0.3, 0.4) is 0 Å². The first kappa shape index (κ1) is 20.8. The van der Waals surface area contributed by atoms with Crippen molar-refractivity contribution in [2.45, 2.75) is 31.7 Å². The molecule has 156 valence electrons. The molecule has 0 fully saturated rings. The number of nitrogens with zero attached hydrogens (tertiary/aromatic N) is 1. The maximum atomic E-state index is 12.2. The molecule has 10 nitrogen and oxygen atoms in total. The molecule has 3 aromatic rings. The van der Waals surface area contributed by atoms with Crippen LogP contribution in [0.15, 0.2) is 35.3 Å². The Morgan fingerprint density at radius 3 is 2.63 bits per heavy atom. The number of aromatic amines is 2. The summed E-state index contributed by atoms with van der Waals surface area (Å²) in [4.78, 5) is 55.5. The lowest BCUT2D eigenvalue weighted by atomic mass is 10.0. The van der Waals surface area contributed by atoms with Gasteiger partial charge in [-0.25, -0.2) is 0 Å². The van der Waals surface area contributed by atoms with Crippen molar-refractivity contribution in [1.29, 1.82) is 0 Å². The molecule has 0 aliphatic heterocycles. The van der Waals surface area contributed by atoms with Crippen LogP contribution < -0.4 is 16.6 Å². The second-order valence-electron chi connectivity index (χ2n) is 6.83. The smallest absolute Gasteiger partial charge is 0.303 e. The molecule has 0 aliphatic carbocycles. The molecule has 0 saturated heterocycles. The third kappa shape index (κ3) is 4.90. The summed E-state index contributed by atoms with van der Waals surface area (Å²) < 4.78 is 0. The number of carbonyl (C=O) groups is 3.